The summed E-state index contributed by atoms with van der Waals surface area (Å²) < 4.78 is 11.0. The highest BCUT2D eigenvalue weighted by Crippen LogP contribution is 2.26. The lowest BCUT2D eigenvalue weighted by atomic mass is 9.96. The Bertz CT molecular complexity index is 722. The van der Waals surface area contributed by atoms with Gasteiger partial charge in [-0.2, -0.15) is 0 Å². The minimum atomic E-state index is -1.21. The summed E-state index contributed by atoms with van der Waals surface area (Å²) in [5.41, 5.74) is 0.363. The smallest absolute Gasteiger partial charge is 0.315 e. The molecule has 0 bridgehead atoms. The summed E-state index contributed by atoms with van der Waals surface area (Å²) in [4.78, 5) is 12.1. The van der Waals surface area contributed by atoms with Gasteiger partial charge in [0.15, 0.2) is 0 Å². The fraction of sp³-hybridized carbons (Fsp3) is 0.421. The number of ether oxygens (including phenoxy) is 1. The Kier molecular flexibility index (Phi) is 6.09. The number of nitrogens with one attached hydrogen (secondary N) is 2. The van der Waals surface area contributed by atoms with Crippen molar-refractivity contribution in [3.8, 4) is 5.75 Å². The van der Waals surface area contributed by atoms with Gasteiger partial charge in [0.05, 0.1) is 13.2 Å². The molecular weight excluding hydrogens is 320 g/mol. The predicted octanol–water partition coefficient (Wildman–Crippen LogP) is 3.00. The van der Waals surface area contributed by atoms with E-state index >= 15 is 0 Å². The van der Waals surface area contributed by atoms with E-state index in [2.05, 4.69) is 10.6 Å². The van der Waals surface area contributed by atoms with Crippen LogP contribution in [0.25, 0.3) is 0 Å². The Morgan fingerprint density at radius 3 is 2.64 bits per heavy atom. The van der Waals surface area contributed by atoms with Gasteiger partial charge >= 0.3 is 6.03 Å². The van der Waals surface area contributed by atoms with E-state index in [1.54, 1.807) is 19.9 Å². The molecule has 0 fully saturated rings. The molecule has 2 aromatic rings. The second kappa shape index (κ2) is 8.07. The number of benzene rings is 1. The number of hydrogen-bond donors (Lipinski definition) is 3. The van der Waals surface area contributed by atoms with Crippen LogP contribution >= 0.6 is 0 Å². The molecule has 6 nitrogen and oxygen atoms in total. The number of urea groups is 1. The summed E-state index contributed by atoms with van der Waals surface area (Å²) in [6.45, 7) is 8.16. The zero-order valence-corrected chi connectivity index (χ0v) is 15.2. The first kappa shape index (κ1) is 18.9. The van der Waals surface area contributed by atoms with Gasteiger partial charge in [0.25, 0.3) is 0 Å². The molecular formula is C19H26N2O4. The molecule has 0 aliphatic carbocycles. The van der Waals surface area contributed by atoms with E-state index in [1.165, 1.54) is 0 Å². The lowest BCUT2D eigenvalue weighted by Gasteiger charge is -2.23. The van der Waals surface area contributed by atoms with Gasteiger partial charge in [-0.05, 0) is 39.8 Å². The third-order valence-electron chi connectivity index (χ3n) is 3.93. The first-order valence-electron chi connectivity index (χ1n) is 8.35. The molecule has 1 heterocycles. The molecule has 1 atom stereocenters. The zero-order valence-electron chi connectivity index (χ0n) is 15.2. The number of para-hydroxylation sites is 1. The second-order valence-electron chi connectivity index (χ2n) is 6.18. The van der Waals surface area contributed by atoms with E-state index in [-0.39, 0.29) is 12.6 Å². The van der Waals surface area contributed by atoms with E-state index in [9.17, 15) is 9.90 Å². The maximum atomic E-state index is 12.1. The predicted molar refractivity (Wildman–Crippen MR) is 95.6 cm³/mol. The van der Waals surface area contributed by atoms with Crippen molar-refractivity contribution >= 4 is 6.03 Å². The van der Waals surface area contributed by atoms with Crippen molar-refractivity contribution in [2.75, 3.05) is 13.2 Å². The van der Waals surface area contributed by atoms with Gasteiger partial charge in [-0.1, -0.05) is 18.2 Å². The third-order valence-corrected chi connectivity index (χ3v) is 3.93. The fourth-order valence-corrected chi connectivity index (χ4v) is 2.70. The molecule has 0 spiro atoms. The van der Waals surface area contributed by atoms with Gasteiger partial charge in [-0.3, -0.25) is 0 Å². The Morgan fingerprint density at radius 2 is 2.00 bits per heavy atom. The van der Waals surface area contributed by atoms with Crippen molar-refractivity contribution in [3.63, 3.8) is 0 Å². The lowest BCUT2D eigenvalue weighted by molar-refractivity contribution is 0.0579. The summed E-state index contributed by atoms with van der Waals surface area (Å²) in [6, 6.07) is 8.98. The highest BCUT2D eigenvalue weighted by molar-refractivity contribution is 5.74. The van der Waals surface area contributed by atoms with Gasteiger partial charge in [-0.15, -0.1) is 0 Å². The van der Waals surface area contributed by atoms with E-state index < -0.39 is 5.60 Å². The van der Waals surface area contributed by atoms with Gasteiger partial charge in [0.1, 0.15) is 22.9 Å². The zero-order chi connectivity index (χ0) is 18.4. The van der Waals surface area contributed by atoms with Crippen LogP contribution in [0, 0.1) is 13.8 Å². The topological polar surface area (TPSA) is 83.7 Å². The van der Waals surface area contributed by atoms with Crippen LogP contribution in [0.5, 0.6) is 5.75 Å². The molecule has 0 radical (unpaired) electrons. The number of aliphatic hydroxyl groups is 1. The summed E-state index contributed by atoms with van der Waals surface area (Å²) >= 11 is 0. The summed E-state index contributed by atoms with van der Waals surface area (Å²) in [5.74, 6) is 2.13. The van der Waals surface area contributed by atoms with Crippen molar-refractivity contribution < 1.29 is 19.1 Å². The van der Waals surface area contributed by atoms with Crippen molar-refractivity contribution in [2.24, 2.45) is 0 Å². The summed E-state index contributed by atoms with van der Waals surface area (Å²) in [5, 5.41) is 16.1. The molecule has 1 unspecified atom stereocenters. The minimum Gasteiger partial charge on any atom is -0.494 e. The van der Waals surface area contributed by atoms with E-state index in [4.69, 9.17) is 9.15 Å². The van der Waals surface area contributed by atoms with Crippen LogP contribution < -0.4 is 15.4 Å². The summed E-state index contributed by atoms with van der Waals surface area (Å²) in [6.07, 6.45) is 0. The van der Waals surface area contributed by atoms with Crippen LogP contribution in [0.1, 0.15) is 36.5 Å². The number of amides is 2. The van der Waals surface area contributed by atoms with Crippen molar-refractivity contribution in [1.29, 1.82) is 0 Å². The van der Waals surface area contributed by atoms with E-state index in [1.807, 2.05) is 38.1 Å². The average molecular weight is 346 g/mol. The monoisotopic (exact) mass is 346 g/mol. The molecule has 2 rings (SSSR count). The molecule has 1 aromatic carbocycles. The molecule has 0 aliphatic heterocycles. The molecule has 136 valence electrons. The first-order chi connectivity index (χ1) is 11.8. The average Bonchev–Trinajstić information content (AvgIpc) is 2.92. The maximum Gasteiger partial charge on any atom is 0.315 e. The lowest BCUT2D eigenvalue weighted by Crippen LogP contribution is -2.43. The Hall–Kier alpha value is -2.47. The third kappa shape index (κ3) is 5.00. The van der Waals surface area contributed by atoms with Crippen molar-refractivity contribution in [3.05, 3.63) is 53.0 Å². The molecule has 3 N–H and O–H groups in total. The van der Waals surface area contributed by atoms with E-state index in [0.29, 0.717) is 24.5 Å². The molecule has 1 aromatic heterocycles. The number of carbonyl (C=O) groups is 1. The number of furan rings is 1. The fourth-order valence-electron chi connectivity index (χ4n) is 2.70. The van der Waals surface area contributed by atoms with Crippen molar-refractivity contribution in [2.45, 2.75) is 39.8 Å². The highest BCUT2D eigenvalue weighted by Gasteiger charge is 2.28. The maximum absolute atomic E-state index is 12.1. The number of aryl methyl sites for hydroxylation is 2. The highest BCUT2D eigenvalue weighted by atomic mass is 16.5. The van der Waals surface area contributed by atoms with Crippen molar-refractivity contribution in [1.82, 2.24) is 10.6 Å². The SMILES string of the molecule is CCOc1ccccc1CNC(=O)NCC(C)(O)c1cc(C)oc1C. The Balaban J connectivity index is 1.89. The van der Waals surface area contributed by atoms with Gasteiger partial charge in [0, 0.05) is 17.7 Å². The van der Waals surface area contributed by atoms with Gasteiger partial charge < -0.3 is 24.9 Å². The van der Waals surface area contributed by atoms with Crippen LogP contribution in [-0.2, 0) is 12.1 Å². The van der Waals surface area contributed by atoms with Gasteiger partial charge in [-0.25, -0.2) is 4.79 Å². The van der Waals surface area contributed by atoms with Crippen LogP contribution in [0.15, 0.2) is 34.7 Å². The quantitative estimate of drug-likeness (QED) is 0.720. The molecule has 6 heteroatoms. The second-order valence-corrected chi connectivity index (χ2v) is 6.18. The molecule has 25 heavy (non-hydrogen) atoms. The van der Waals surface area contributed by atoms with Crippen LogP contribution in [0.2, 0.25) is 0 Å². The van der Waals surface area contributed by atoms with Gasteiger partial charge in [0.2, 0.25) is 0 Å². The normalized spacial score (nSPS) is 13.2. The first-order valence-corrected chi connectivity index (χ1v) is 8.35. The molecule has 0 saturated carbocycles. The summed E-state index contributed by atoms with van der Waals surface area (Å²) in [7, 11) is 0. The molecule has 0 saturated heterocycles. The Morgan fingerprint density at radius 1 is 1.28 bits per heavy atom. The Labute approximate surface area is 148 Å². The number of rotatable bonds is 7. The minimum absolute atomic E-state index is 0.0752. The largest absolute Gasteiger partial charge is 0.494 e. The number of carbonyl (C=O) groups excluding carboxylic acids is 1. The molecule has 2 amide bonds. The van der Waals surface area contributed by atoms with Crippen LogP contribution in [0.3, 0.4) is 0 Å². The van der Waals surface area contributed by atoms with E-state index in [0.717, 1.165) is 17.1 Å². The van der Waals surface area contributed by atoms with Crippen LogP contribution in [0.4, 0.5) is 4.79 Å². The number of hydrogen-bond acceptors (Lipinski definition) is 4. The molecule has 0 aliphatic rings. The van der Waals surface area contributed by atoms with Crippen LogP contribution in [-0.4, -0.2) is 24.3 Å². The standard InChI is InChI=1S/C19H26N2O4/c1-5-24-17-9-7-6-8-15(17)11-20-18(22)21-12-19(4,23)16-10-13(2)25-14(16)3/h6-10,23H,5,11-12H2,1-4H3,(H2,20,21,22).